The third-order valence-electron chi connectivity index (χ3n) is 5.67. The van der Waals surface area contributed by atoms with E-state index in [0.29, 0.717) is 18.0 Å². The molecule has 2 amide bonds. The van der Waals surface area contributed by atoms with Crippen molar-refractivity contribution < 1.29 is 9.59 Å². The van der Waals surface area contributed by atoms with Gasteiger partial charge in [-0.05, 0) is 41.3 Å². The molecule has 1 saturated carbocycles. The number of hydrogen-bond donors (Lipinski definition) is 1. The number of carbonyl (C=O) groups is 2. The molecule has 0 radical (unpaired) electrons. The number of thiophene rings is 1. The highest BCUT2D eigenvalue weighted by atomic mass is 32.1. The average Bonchev–Trinajstić information content (AvgIpc) is 3.34. The number of benzene rings is 1. The topological polar surface area (TPSA) is 49.4 Å². The van der Waals surface area contributed by atoms with Gasteiger partial charge in [-0.3, -0.25) is 9.59 Å². The van der Waals surface area contributed by atoms with Crippen LogP contribution in [0, 0.1) is 11.8 Å². The molecule has 28 heavy (non-hydrogen) atoms. The fourth-order valence-corrected chi connectivity index (χ4v) is 5.04. The van der Waals surface area contributed by atoms with E-state index < -0.39 is 0 Å². The monoisotopic (exact) mass is 396 g/mol. The van der Waals surface area contributed by atoms with E-state index in [9.17, 15) is 9.59 Å². The first-order valence-corrected chi connectivity index (χ1v) is 11.1. The van der Waals surface area contributed by atoms with Gasteiger partial charge in [-0.1, -0.05) is 51.0 Å². The van der Waals surface area contributed by atoms with Crippen LogP contribution in [0.4, 0.5) is 0 Å². The summed E-state index contributed by atoms with van der Waals surface area (Å²) in [7, 11) is 0. The summed E-state index contributed by atoms with van der Waals surface area (Å²) in [5.74, 6) is 0.810. The van der Waals surface area contributed by atoms with Crippen molar-refractivity contribution in [2.24, 2.45) is 11.8 Å². The second kappa shape index (κ2) is 8.08. The molecular weight excluding hydrogens is 368 g/mol. The molecule has 0 unspecified atom stereocenters. The van der Waals surface area contributed by atoms with Crippen LogP contribution in [0.3, 0.4) is 0 Å². The first-order chi connectivity index (χ1) is 13.6. The van der Waals surface area contributed by atoms with Gasteiger partial charge in [0.05, 0.1) is 12.0 Å². The zero-order valence-corrected chi connectivity index (χ0v) is 17.4. The highest BCUT2D eigenvalue weighted by Crippen LogP contribution is 2.44. The van der Waals surface area contributed by atoms with Crippen molar-refractivity contribution in [2.75, 3.05) is 13.1 Å². The van der Waals surface area contributed by atoms with Gasteiger partial charge in [-0.25, -0.2) is 0 Å². The molecule has 4 rings (SSSR count). The molecule has 0 spiro atoms. The molecule has 1 N–H and O–H groups in total. The van der Waals surface area contributed by atoms with Gasteiger partial charge < -0.3 is 10.2 Å². The molecule has 4 nitrogen and oxygen atoms in total. The maximum atomic E-state index is 13.4. The third-order valence-corrected chi connectivity index (χ3v) is 6.61. The van der Waals surface area contributed by atoms with Crippen molar-refractivity contribution in [1.82, 2.24) is 10.2 Å². The first kappa shape index (κ1) is 19.2. The van der Waals surface area contributed by atoms with Gasteiger partial charge in [0.1, 0.15) is 0 Å². The highest BCUT2D eigenvalue weighted by molar-refractivity contribution is 7.10. The lowest BCUT2D eigenvalue weighted by molar-refractivity contribution is -0.124. The van der Waals surface area contributed by atoms with Gasteiger partial charge in [0.15, 0.2) is 0 Å². The van der Waals surface area contributed by atoms with Crippen LogP contribution in [0.5, 0.6) is 0 Å². The van der Waals surface area contributed by atoms with Crippen LogP contribution in [-0.4, -0.2) is 29.8 Å². The lowest BCUT2D eigenvalue weighted by atomic mass is 9.81. The number of rotatable bonds is 7. The van der Waals surface area contributed by atoms with Crippen molar-refractivity contribution in [2.45, 2.75) is 45.1 Å². The van der Waals surface area contributed by atoms with Crippen LogP contribution < -0.4 is 5.32 Å². The van der Waals surface area contributed by atoms with E-state index in [1.165, 1.54) is 12.8 Å². The summed E-state index contributed by atoms with van der Waals surface area (Å²) in [6, 6.07) is 11.4. The van der Waals surface area contributed by atoms with Crippen molar-refractivity contribution in [3.63, 3.8) is 0 Å². The Morgan fingerprint density at radius 3 is 2.68 bits per heavy atom. The Kier molecular flexibility index (Phi) is 5.54. The van der Waals surface area contributed by atoms with E-state index in [0.717, 1.165) is 29.3 Å². The summed E-state index contributed by atoms with van der Waals surface area (Å²) in [5, 5.41) is 5.20. The van der Waals surface area contributed by atoms with Crippen LogP contribution in [0.1, 0.15) is 65.9 Å². The number of nitrogens with zero attached hydrogens (tertiary/aromatic N) is 1. The zero-order chi connectivity index (χ0) is 19.7. The van der Waals surface area contributed by atoms with Crippen LogP contribution in [0.2, 0.25) is 0 Å². The predicted octanol–water partition coefficient (Wildman–Crippen LogP) is 4.60. The van der Waals surface area contributed by atoms with Crippen LogP contribution in [-0.2, 0) is 4.79 Å². The molecule has 2 aromatic rings. The summed E-state index contributed by atoms with van der Waals surface area (Å²) in [4.78, 5) is 29.7. The second-order valence-corrected chi connectivity index (χ2v) is 9.38. The lowest BCUT2D eigenvalue weighted by Crippen LogP contribution is -2.48. The molecule has 2 aliphatic rings. The molecule has 2 atom stereocenters. The third kappa shape index (κ3) is 3.86. The Bertz CT molecular complexity index is 842. The molecular formula is C23H28N2O2S. The lowest BCUT2D eigenvalue weighted by Gasteiger charge is -2.42. The molecule has 1 fully saturated rings. The molecule has 5 heteroatoms. The van der Waals surface area contributed by atoms with Gasteiger partial charge in [0.25, 0.3) is 5.91 Å². The number of fused-ring (bicyclic) bond motifs is 1. The number of hydrogen-bond acceptors (Lipinski definition) is 3. The Hall–Kier alpha value is -2.14. The Morgan fingerprint density at radius 1 is 1.21 bits per heavy atom. The normalized spacial score (nSPS) is 21.7. The van der Waals surface area contributed by atoms with Crippen molar-refractivity contribution in [3.05, 3.63) is 57.8 Å². The molecule has 148 valence electrons. The Labute approximate surface area is 170 Å². The summed E-state index contributed by atoms with van der Waals surface area (Å²) >= 11 is 1.62. The van der Waals surface area contributed by atoms with E-state index in [-0.39, 0.29) is 23.8 Å². The maximum absolute atomic E-state index is 13.4. The first-order valence-electron chi connectivity index (χ1n) is 10.3. The highest BCUT2D eigenvalue weighted by Gasteiger charge is 2.44. The number of nitrogens with one attached hydrogen (secondary N) is 1. The van der Waals surface area contributed by atoms with E-state index in [1.54, 1.807) is 11.3 Å². The minimum Gasteiger partial charge on any atom is -0.355 e. The second-order valence-electron chi connectivity index (χ2n) is 8.40. The van der Waals surface area contributed by atoms with Crippen LogP contribution in [0.25, 0.3) is 0 Å². The maximum Gasteiger partial charge on any atom is 0.254 e. The summed E-state index contributed by atoms with van der Waals surface area (Å²) in [5.41, 5.74) is 1.52. The number of carbonyl (C=O) groups excluding carboxylic acids is 2. The minimum absolute atomic E-state index is 0.0322. The fourth-order valence-electron chi connectivity index (χ4n) is 4.16. The van der Waals surface area contributed by atoms with Crippen LogP contribution in [0.15, 0.2) is 41.8 Å². The molecule has 0 saturated heterocycles. The zero-order valence-electron chi connectivity index (χ0n) is 16.6. The molecule has 1 aliphatic carbocycles. The van der Waals surface area contributed by atoms with E-state index >= 15 is 0 Å². The Balaban J connectivity index is 1.72. The predicted molar refractivity (Wildman–Crippen MR) is 112 cm³/mol. The number of amides is 2. The SMILES string of the molecule is CC(C)CN1C(=O)c2ccccc2[C@@H](C(=O)NCCC2CC2)[C@H]1c1cccs1. The van der Waals surface area contributed by atoms with Gasteiger partial charge in [0, 0.05) is 23.5 Å². The largest absolute Gasteiger partial charge is 0.355 e. The van der Waals surface area contributed by atoms with Gasteiger partial charge in [-0.15, -0.1) is 11.3 Å². The summed E-state index contributed by atoms with van der Waals surface area (Å²) in [6.07, 6.45) is 3.63. The minimum atomic E-state index is -0.370. The molecule has 0 bridgehead atoms. The molecule has 1 aromatic heterocycles. The molecule has 2 heterocycles. The van der Waals surface area contributed by atoms with E-state index in [4.69, 9.17) is 0 Å². The van der Waals surface area contributed by atoms with Gasteiger partial charge >= 0.3 is 0 Å². The molecule has 1 aliphatic heterocycles. The van der Waals surface area contributed by atoms with E-state index in [2.05, 4.69) is 19.2 Å². The standard InChI is InChI=1S/C23H28N2O2S/c1-15(2)14-25-21(19-8-5-13-28-19)20(22(26)24-12-11-16-9-10-16)17-6-3-4-7-18(17)23(25)27/h3-8,13,15-16,20-21H,9-12,14H2,1-2H3,(H,24,26)/t20-,21-/m1/s1. The van der Waals surface area contributed by atoms with Gasteiger partial charge in [0.2, 0.25) is 5.91 Å². The fraction of sp³-hybridized carbons (Fsp3) is 0.478. The van der Waals surface area contributed by atoms with E-state index in [1.807, 2.05) is 46.7 Å². The van der Waals surface area contributed by atoms with Crippen molar-refractivity contribution in [3.8, 4) is 0 Å². The summed E-state index contributed by atoms with van der Waals surface area (Å²) in [6.45, 7) is 5.59. The Morgan fingerprint density at radius 2 is 2.00 bits per heavy atom. The van der Waals surface area contributed by atoms with Gasteiger partial charge in [-0.2, -0.15) is 0 Å². The van der Waals surface area contributed by atoms with Crippen molar-refractivity contribution >= 4 is 23.2 Å². The average molecular weight is 397 g/mol. The smallest absolute Gasteiger partial charge is 0.254 e. The quantitative estimate of drug-likeness (QED) is 0.743. The van der Waals surface area contributed by atoms with Crippen LogP contribution >= 0.6 is 11.3 Å². The van der Waals surface area contributed by atoms with Crippen molar-refractivity contribution in [1.29, 1.82) is 0 Å². The summed E-state index contributed by atoms with van der Waals surface area (Å²) < 4.78 is 0. The molecule has 1 aromatic carbocycles.